The minimum absolute atomic E-state index is 0.155. The Kier molecular flexibility index (Phi) is 6.68. The lowest BCUT2D eigenvalue weighted by atomic mass is 10.0. The summed E-state index contributed by atoms with van der Waals surface area (Å²) in [4.78, 5) is 10.6. The lowest BCUT2D eigenvalue weighted by Gasteiger charge is -2.19. The van der Waals surface area contributed by atoms with Crippen LogP contribution in [0.25, 0.3) is 0 Å². The molecule has 0 unspecified atom stereocenters. The van der Waals surface area contributed by atoms with Gasteiger partial charge < -0.3 is 15.4 Å². The van der Waals surface area contributed by atoms with Crippen molar-refractivity contribution in [1.82, 2.24) is 9.97 Å². The van der Waals surface area contributed by atoms with Gasteiger partial charge in [0.05, 0.1) is 21.3 Å². The van der Waals surface area contributed by atoms with E-state index in [9.17, 15) is 5.26 Å². The van der Waals surface area contributed by atoms with Crippen molar-refractivity contribution < 1.29 is 4.74 Å². The first-order chi connectivity index (χ1) is 15.9. The summed E-state index contributed by atoms with van der Waals surface area (Å²) in [5.41, 5.74) is 8.81. The lowest BCUT2D eigenvalue weighted by Crippen LogP contribution is -2.20. The molecule has 1 aliphatic rings. The van der Waals surface area contributed by atoms with Crippen LogP contribution in [0, 0.1) is 16.7 Å². The molecule has 0 radical (unpaired) electrons. The molecule has 168 valence electrons. The van der Waals surface area contributed by atoms with Gasteiger partial charge in [0.25, 0.3) is 0 Å². The third kappa shape index (κ3) is 4.72. The molecule has 0 spiro atoms. The van der Waals surface area contributed by atoms with E-state index in [4.69, 9.17) is 39.1 Å². The molecule has 1 saturated heterocycles. The number of nitriles is 1. The lowest BCUT2D eigenvalue weighted by molar-refractivity contribution is 0.227. The van der Waals surface area contributed by atoms with E-state index < -0.39 is 6.10 Å². The highest BCUT2D eigenvalue weighted by Crippen LogP contribution is 2.33. The van der Waals surface area contributed by atoms with E-state index in [2.05, 4.69) is 20.9 Å². The van der Waals surface area contributed by atoms with Gasteiger partial charge in [0, 0.05) is 54.1 Å². The van der Waals surface area contributed by atoms with Crippen molar-refractivity contribution in [2.45, 2.75) is 25.9 Å². The summed E-state index contributed by atoms with van der Waals surface area (Å²) in [6.45, 7) is 3.59. The van der Waals surface area contributed by atoms with Crippen molar-refractivity contribution in [3.05, 3.63) is 75.2 Å². The highest BCUT2D eigenvalue weighted by molar-refractivity contribution is 6.35. The Morgan fingerprint density at radius 1 is 1.18 bits per heavy atom. The van der Waals surface area contributed by atoms with Crippen LogP contribution < -0.4 is 15.4 Å². The molecular formula is C24H22Cl2N6O. The fourth-order valence-electron chi connectivity index (χ4n) is 3.91. The number of nitrogens with two attached hydrogens (primary N) is 1. The molecule has 3 aromatic rings. The maximum absolute atomic E-state index is 9.65. The van der Waals surface area contributed by atoms with Gasteiger partial charge in [-0.2, -0.15) is 5.26 Å². The zero-order chi connectivity index (χ0) is 23.5. The standard InChI is InChI=1S/C24H22Cl2N6O/c1-14(22-19(25)12-30-13-20(22)26)33-17-4-5-21(28)18(9-17)23(29)16-8-15(10-27)24(31-11-16)32-6-2-3-7-32/h4-5,8-9,11-14,29H,2-3,6-7,28H2,1H3/t14-/m1/s1. The first-order valence-corrected chi connectivity index (χ1v) is 11.2. The molecule has 9 heteroatoms. The molecule has 33 heavy (non-hydrogen) atoms. The first-order valence-electron chi connectivity index (χ1n) is 10.5. The highest BCUT2D eigenvalue weighted by atomic mass is 35.5. The van der Waals surface area contributed by atoms with Gasteiger partial charge in [-0.1, -0.05) is 23.2 Å². The summed E-state index contributed by atoms with van der Waals surface area (Å²) in [6.07, 6.45) is 6.36. The second-order valence-electron chi connectivity index (χ2n) is 7.80. The smallest absolute Gasteiger partial charge is 0.146 e. The average Bonchev–Trinajstić information content (AvgIpc) is 3.34. The molecule has 2 aromatic heterocycles. The van der Waals surface area contributed by atoms with Crippen LogP contribution >= 0.6 is 23.2 Å². The van der Waals surface area contributed by atoms with Gasteiger partial charge in [-0.25, -0.2) is 4.98 Å². The SMILES string of the molecule is C[C@@H](Oc1ccc(N)c(C(=N)c2cnc(N3CCCC3)c(C#N)c2)c1)c1c(Cl)cncc1Cl. The zero-order valence-corrected chi connectivity index (χ0v) is 19.5. The third-order valence-electron chi connectivity index (χ3n) is 5.59. The van der Waals surface area contributed by atoms with Crippen molar-refractivity contribution in [3.8, 4) is 11.8 Å². The van der Waals surface area contributed by atoms with Crippen LogP contribution in [0.2, 0.25) is 10.0 Å². The van der Waals surface area contributed by atoms with Crippen molar-refractivity contribution in [2.24, 2.45) is 0 Å². The van der Waals surface area contributed by atoms with E-state index in [1.807, 2.05) is 6.92 Å². The Morgan fingerprint density at radius 2 is 1.88 bits per heavy atom. The molecule has 3 heterocycles. The number of hydrogen-bond acceptors (Lipinski definition) is 7. The van der Waals surface area contributed by atoms with Gasteiger partial charge in [-0.15, -0.1) is 0 Å². The van der Waals surface area contributed by atoms with Crippen molar-refractivity contribution in [3.63, 3.8) is 0 Å². The van der Waals surface area contributed by atoms with E-state index in [0.717, 1.165) is 25.9 Å². The Morgan fingerprint density at radius 3 is 2.55 bits per heavy atom. The predicted octanol–water partition coefficient (Wildman–Crippen LogP) is 5.39. The quantitative estimate of drug-likeness (QED) is 0.361. The molecule has 1 atom stereocenters. The summed E-state index contributed by atoms with van der Waals surface area (Å²) >= 11 is 12.5. The van der Waals surface area contributed by atoms with E-state index in [0.29, 0.717) is 49.6 Å². The Labute approximate surface area is 202 Å². The fraction of sp³-hybridized carbons (Fsp3) is 0.250. The summed E-state index contributed by atoms with van der Waals surface area (Å²) in [7, 11) is 0. The largest absolute Gasteiger partial charge is 0.486 e. The van der Waals surface area contributed by atoms with Crippen LogP contribution in [0.3, 0.4) is 0 Å². The minimum atomic E-state index is -0.453. The van der Waals surface area contributed by atoms with Crippen molar-refractivity contribution in [2.75, 3.05) is 23.7 Å². The molecule has 0 bridgehead atoms. The molecule has 1 aliphatic heterocycles. The van der Waals surface area contributed by atoms with Crippen molar-refractivity contribution in [1.29, 1.82) is 10.7 Å². The predicted molar refractivity (Wildman–Crippen MR) is 130 cm³/mol. The van der Waals surface area contributed by atoms with Gasteiger partial charge in [0.2, 0.25) is 0 Å². The van der Waals surface area contributed by atoms with Gasteiger partial charge in [0.15, 0.2) is 0 Å². The molecule has 0 amide bonds. The number of pyridine rings is 2. The summed E-state index contributed by atoms with van der Waals surface area (Å²) in [5, 5.41) is 19.2. The summed E-state index contributed by atoms with van der Waals surface area (Å²) < 4.78 is 6.05. The van der Waals surface area contributed by atoms with Gasteiger partial charge in [0.1, 0.15) is 23.7 Å². The van der Waals surface area contributed by atoms with Gasteiger partial charge >= 0.3 is 0 Å². The molecule has 0 aliphatic carbocycles. The van der Waals surface area contributed by atoms with Crippen molar-refractivity contribution >= 4 is 40.4 Å². The first kappa shape index (κ1) is 22.8. The number of aromatic nitrogens is 2. The average molecular weight is 481 g/mol. The van der Waals surface area contributed by atoms with E-state index in [1.165, 1.54) is 12.4 Å². The molecular weight excluding hydrogens is 459 g/mol. The topological polar surface area (TPSA) is 112 Å². The maximum atomic E-state index is 9.65. The highest BCUT2D eigenvalue weighted by Gasteiger charge is 2.20. The number of ether oxygens (including phenoxy) is 1. The number of anilines is 2. The summed E-state index contributed by atoms with van der Waals surface area (Å²) in [6, 6.07) is 9.00. The number of nitrogen functional groups attached to an aromatic ring is 1. The van der Waals surface area contributed by atoms with Gasteiger partial charge in [-0.3, -0.25) is 10.4 Å². The number of nitrogens with one attached hydrogen (secondary N) is 1. The Hall–Kier alpha value is -3.34. The van der Waals surface area contributed by atoms with Crippen LogP contribution in [0.15, 0.2) is 42.9 Å². The third-order valence-corrected chi connectivity index (χ3v) is 6.19. The van der Waals surface area contributed by atoms with Crippen LogP contribution in [0.1, 0.15) is 48.1 Å². The zero-order valence-electron chi connectivity index (χ0n) is 18.0. The Bertz CT molecular complexity index is 1230. The number of halogens is 2. The van der Waals surface area contributed by atoms with Crippen LogP contribution in [-0.2, 0) is 0 Å². The second-order valence-corrected chi connectivity index (χ2v) is 8.62. The number of benzene rings is 1. The molecule has 7 nitrogen and oxygen atoms in total. The van der Waals surface area contributed by atoms with E-state index >= 15 is 0 Å². The molecule has 1 aromatic carbocycles. The fourth-order valence-corrected chi connectivity index (χ4v) is 4.58. The maximum Gasteiger partial charge on any atom is 0.146 e. The number of nitrogens with zero attached hydrogens (tertiary/aromatic N) is 4. The number of hydrogen-bond donors (Lipinski definition) is 2. The minimum Gasteiger partial charge on any atom is -0.486 e. The molecule has 4 rings (SSSR count). The van der Waals surface area contributed by atoms with E-state index in [-0.39, 0.29) is 5.71 Å². The monoisotopic (exact) mass is 480 g/mol. The normalized spacial score (nSPS) is 14.1. The second kappa shape index (κ2) is 9.65. The van der Waals surface area contributed by atoms with E-state index in [1.54, 1.807) is 30.5 Å². The van der Waals surface area contributed by atoms with Gasteiger partial charge in [-0.05, 0) is 44.0 Å². The molecule has 0 saturated carbocycles. The van der Waals surface area contributed by atoms with Crippen LogP contribution in [0.4, 0.5) is 11.5 Å². The number of rotatable bonds is 6. The molecule has 3 N–H and O–H groups in total. The van der Waals surface area contributed by atoms with Crippen LogP contribution in [0.5, 0.6) is 5.75 Å². The van der Waals surface area contributed by atoms with Crippen LogP contribution in [-0.4, -0.2) is 28.8 Å². The molecule has 1 fully saturated rings. The Balaban J connectivity index is 1.61. The summed E-state index contributed by atoms with van der Waals surface area (Å²) in [5.74, 6) is 1.17.